The zero-order valence-electron chi connectivity index (χ0n) is 37.5. The SMILES string of the molecule is CC/C=C/C/C=C/C/C=C/CCCCC(CC(=O)NC(CO)C(O)CCCCCCCCCCCCCC)OC(=O)CCCCCCCCC/C=C/C/C=C/CC. The molecule has 0 radical (unpaired) electrons. The number of aliphatic hydroxyl groups excluding tert-OH is 2. The summed E-state index contributed by atoms with van der Waals surface area (Å²) in [5.74, 6) is -0.524. The van der Waals surface area contributed by atoms with Crippen LogP contribution in [0.15, 0.2) is 60.8 Å². The van der Waals surface area contributed by atoms with Crippen molar-refractivity contribution in [3.8, 4) is 0 Å². The maximum absolute atomic E-state index is 13.1. The van der Waals surface area contributed by atoms with Crippen LogP contribution in [0.1, 0.15) is 226 Å². The summed E-state index contributed by atoms with van der Waals surface area (Å²) in [5, 5.41) is 23.7. The van der Waals surface area contributed by atoms with Crippen LogP contribution < -0.4 is 5.32 Å². The fourth-order valence-electron chi connectivity index (χ4n) is 7.01. The van der Waals surface area contributed by atoms with E-state index in [-0.39, 0.29) is 24.9 Å². The Balaban J connectivity index is 4.63. The minimum absolute atomic E-state index is 0.0469. The molecule has 0 heterocycles. The average molecular weight is 798 g/mol. The van der Waals surface area contributed by atoms with Crippen molar-refractivity contribution in [1.82, 2.24) is 5.32 Å². The summed E-state index contributed by atoms with van der Waals surface area (Å²) < 4.78 is 5.89. The van der Waals surface area contributed by atoms with Gasteiger partial charge in [-0.05, 0) is 83.5 Å². The van der Waals surface area contributed by atoms with Crippen LogP contribution in [0, 0.1) is 0 Å². The number of unbranched alkanes of at least 4 members (excludes halogenated alkanes) is 20. The molecule has 0 rings (SSSR count). The first kappa shape index (κ1) is 54.6. The first-order chi connectivity index (χ1) is 28.0. The van der Waals surface area contributed by atoms with Crippen molar-refractivity contribution in [3.63, 3.8) is 0 Å². The smallest absolute Gasteiger partial charge is 0.306 e. The van der Waals surface area contributed by atoms with Gasteiger partial charge in [-0.2, -0.15) is 0 Å². The van der Waals surface area contributed by atoms with Gasteiger partial charge in [-0.1, -0.05) is 191 Å². The number of aliphatic hydroxyl groups is 2. The van der Waals surface area contributed by atoms with E-state index < -0.39 is 18.2 Å². The van der Waals surface area contributed by atoms with E-state index in [2.05, 4.69) is 86.8 Å². The minimum atomic E-state index is -0.799. The molecule has 0 aromatic rings. The van der Waals surface area contributed by atoms with E-state index >= 15 is 0 Å². The Bertz CT molecular complexity index is 1030. The molecule has 0 aromatic carbocycles. The molecule has 0 fully saturated rings. The number of allylic oxidation sites excluding steroid dienone is 10. The van der Waals surface area contributed by atoms with E-state index in [9.17, 15) is 19.8 Å². The second-order valence-electron chi connectivity index (χ2n) is 16.1. The fourth-order valence-corrected chi connectivity index (χ4v) is 7.01. The predicted octanol–water partition coefficient (Wildman–Crippen LogP) is 14.1. The number of carbonyl (C=O) groups excluding carboxylic acids is 2. The van der Waals surface area contributed by atoms with Gasteiger partial charge in [-0.3, -0.25) is 9.59 Å². The molecule has 6 heteroatoms. The normalized spacial score (nSPS) is 13.8. The Hall–Kier alpha value is -2.44. The molecule has 0 bridgehead atoms. The molecule has 0 aliphatic rings. The van der Waals surface area contributed by atoms with Crippen LogP contribution in [0.4, 0.5) is 0 Å². The number of hydrogen-bond donors (Lipinski definition) is 3. The lowest BCUT2D eigenvalue weighted by molar-refractivity contribution is -0.151. The van der Waals surface area contributed by atoms with Gasteiger partial charge >= 0.3 is 5.97 Å². The lowest BCUT2D eigenvalue weighted by Gasteiger charge is -2.24. The Morgan fingerprint density at radius 3 is 1.46 bits per heavy atom. The fraction of sp³-hybridized carbons (Fsp3) is 0.765. The van der Waals surface area contributed by atoms with Gasteiger partial charge in [-0.25, -0.2) is 0 Å². The van der Waals surface area contributed by atoms with Crippen LogP contribution in [0.2, 0.25) is 0 Å². The topological polar surface area (TPSA) is 95.9 Å². The average Bonchev–Trinajstić information content (AvgIpc) is 3.20. The summed E-state index contributed by atoms with van der Waals surface area (Å²) in [4.78, 5) is 26.0. The van der Waals surface area contributed by atoms with Crippen molar-refractivity contribution in [1.29, 1.82) is 0 Å². The molecule has 1 amide bonds. The molecule has 0 saturated carbocycles. The first-order valence-electron chi connectivity index (χ1n) is 24.0. The molecule has 0 aliphatic heterocycles. The van der Waals surface area contributed by atoms with E-state index in [4.69, 9.17) is 4.74 Å². The van der Waals surface area contributed by atoms with Crippen LogP contribution in [0.5, 0.6) is 0 Å². The highest BCUT2D eigenvalue weighted by atomic mass is 16.5. The highest BCUT2D eigenvalue weighted by Gasteiger charge is 2.24. The quantitative estimate of drug-likeness (QED) is 0.0325. The predicted molar refractivity (Wildman–Crippen MR) is 245 cm³/mol. The zero-order valence-corrected chi connectivity index (χ0v) is 37.5. The summed E-state index contributed by atoms with van der Waals surface area (Å²) >= 11 is 0. The highest BCUT2D eigenvalue weighted by Crippen LogP contribution is 2.17. The molecule has 0 saturated heterocycles. The lowest BCUT2D eigenvalue weighted by atomic mass is 10.0. The number of carbonyl (C=O) groups is 2. The Morgan fingerprint density at radius 1 is 0.526 bits per heavy atom. The molecule has 57 heavy (non-hydrogen) atoms. The number of esters is 1. The molecule has 0 spiro atoms. The van der Waals surface area contributed by atoms with Crippen LogP contribution in [0.3, 0.4) is 0 Å². The van der Waals surface area contributed by atoms with Gasteiger partial charge < -0.3 is 20.3 Å². The van der Waals surface area contributed by atoms with Gasteiger partial charge in [0.05, 0.1) is 25.2 Å². The molecule has 0 aromatic heterocycles. The van der Waals surface area contributed by atoms with Gasteiger partial charge in [0.15, 0.2) is 0 Å². The van der Waals surface area contributed by atoms with Crippen LogP contribution in [0.25, 0.3) is 0 Å². The number of ether oxygens (including phenoxy) is 1. The standard InChI is InChI=1S/C51H91NO5/c1-4-7-10-13-16-19-22-25-26-29-32-35-38-41-44-51(56)57-47(42-39-36-33-30-27-23-20-17-14-11-8-5-2)45-50(55)52-48(46-53)49(54)43-40-37-34-31-28-24-21-18-15-12-9-6-3/h7-8,10-11,16-17,19-20,27,30,47-49,53-54H,4-6,9,12-15,18,21-26,28-29,31-46H2,1-3H3,(H,52,55)/b10-7+,11-8+,19-16+,20-17+,30-27+. The number of hydrogen-bond acceptors (Lipinski definition) is 5. The van der Waals surface area contributed by atoms with Crippen molar-refractivity contribution in [2.24, 2.45) is 0 Å². The largest absolute Gasteiger partial charge is 0.462 e. The van der Waals surface area contributed by atoms with Crippen LogP contribution in [-0.4, -0.2) is 46.9 Å². The van der Waals surface area contributed by atoms with Crippen molar-refractivity contribution in [2.75, 3.05) is 6.61 Å². The van der Waals surface area contributed by atoms with Crippen molar-refractivity contribution in [2.45, 2.75) is 244 Å². The molecular weight excluding hydrogens is 707 g/mol. The zero-order chi connectivity index (χ0) is 41.7. The molecule has 0 aliphatic carbocycles. The summed E-state index contributed by atoms with van der Waals surface area (Å²) in [6, 6.07) is -0.715. The van der Waals surface area contributed by atoms with Crippen molar-refractivity contribution in [3.05, 3.63) is 60.8 Å². The summed E-state index contributed by atoms with van der Waals surface area (Å²) in [6.07, 6.45) is 54.2. The lowest BCUT2D eigenvalue weighted by Crippen LogP contribution is -2.46. The maximum Gasteiger partial charge on any atom is 0.306 e. The van der Waals surface area contributed by atoms with E-state index in [0.29, 0.717) is 19.3 Å². The van der Waals surface area contributed by atoms with Crippen molar-refractivity contribution < 1.29 is 24.5 Å². The second-order valence-corrected chi connectivity index (χ2v) is 16.1. The third-order valence-corrected chi connectivity index (χ3v) is 10.6. The Labute approximate surface area is 352 Å². The summed E-state index contributed by atoms with van der Waals surface area (Å²) in [5.41, 5.74) is 0. The van der Waals surface area contributed by atoms with Gasteiger partial charge in [-0.15, -0.1) is 0 Å². The molecular formula is C51H91NO5. The van der Waals surface area contributed by atoms with Gasteiger partial charge in [0, 0.05) is 6.42 Å². The van der Waals surface area contributed by atoms with Gasteiger partial charge in [0.2, 0.25) is 5.91 Å². The van der Waals surface area contributed by atoms with Crippen LogP contribution >= 0.6 is 0 Å². The molecule has 3 unspecified atom stereocenters. The van der Waals surface area contributed by atoms with E-state index in [1.807, 2.05) is 0 Å². The van der Waals surface area contributed by atoms with Crippen LogP contribution in [-0.2, 0) is 14.3 Å². The summed E-state index contributed by atoms with van der Waals surface area (Å²) in [6.45, 7) is 6.24. The molecule has 3 N–H and O–H groups in total. The number of amides is 1. The maximum atomic E-state index is 13.1. The van der Waals surface area contributed by atoms with E-state index in [1.54, 1.807) is 0 Å². The minimum Gasteiger partial charge on any atom is -0.462 e. The summed E-state index contributed by atoms with van der Waals surface area (Å²) in [7, 11) is 0. The molecule has 6 nitrogen and oxygen atoms in total. The second kappa shape index (κ2) is 44.7. The third kappa shape index (κ3) is 40.1. The molecule has 330 valence electrons. The number of rotatable bonds is 42. The Morgan fingerprint density at radius 2 is 0.947 bits per heavy atom. The van der Waals surface area contributed by atoms with E-state index in [1.165, 1.54) is 83.5 Å². The molecule has 3 atom stereocenters. The van der Waals surface area contributed by atoms with Gasteiger partial charge in [0.25, 0.3) is 0 Å². The highest BCUT2D eigenvalue weighted by molar-refractivity contribution is 5.77. The van der Waals surface area contributed by atoms with Crippen molar-refractivity contribution >= 4 is 11.9 Å². The monoisotopic (exact) mass is 798 g/mol. The van der Waals surface area contributed by atoms with Gasteiger partial charge in [0.1, 0.15) is 6.10 Å². The third-order valence-electron chi connectivity index (χ3n) is 10.6. The number of nitrogens with one attached hydrogen (secondary N) is 1. The first-order valence-corrected chi connectivity index (χ1v) is 24.0. The Kier molecular flexibility index (Phi) is 42.7. The van der Waals surface area contributed by atoms with E-state index in [0.717, 1.165) is 96.3 Å².